The fourth-order valence-corrected chi connectivity index (χ4v) is 2.75. The lowest BCUT2D eigenvalue weighted by Crippen LogP contribution is -2.47. The largest absolute Gasteiger partial charge is 0.481 e. The smallest absolute Gasteiger partial charge is 0.336 e. The SMILES string of the molecule is COC(=O)[C@@H](CC(C)C)NC(=O)[C@H](C)Oc1ccc2c(C)cc(=O)oc2c1. The molecule has 0 fully saturated rings. The molecule has 7 nitrogen and oxygen atoms in total. The lowest BCUT2D eigenvalue weighted by Gasteiger charge is -2.21. The molecule has 0 aliphatic rings. The van der Waals surface area contributed by atoms with Crippen molar-refractivity contribution in [2.24, 2.45) is 5.92 Å². The number of aryl methyl sites for hydroxylation is 1. The molecule has 1 aromatic heterocycles. The summed E-state index contributed by atoms with van der Waals surface area (Å²) in [5.41, 5.74) is 0.739. The van der Waals surface area contributed by atoms with E-state index in [-0.39, 0.29) is 5.92 Å². The highest BCUT2D eigenvalue weighted by Gasteiger charge is 2.25. The molecule has 2 atom stereocenters. The van der Waals surface area contributed by atoms with Crippen LogP contribution in [0, 0.1) is 12.8 Å². The van der Waals surface area contributed by atoms with Gasteiger partial charge in [-0.1, -0.05) is 13.8 Å². The molecule has 0 saturated heterocycles. The van der Waals surface area contributed by atoms with Gasteiger partial charge >= 0.3 is 11.6 Å². The summed E-state index contributed by atoms with van der Waals surface area (Å²) in [6, 6.07) is 5.72. The van der Waals surface area contributed by atoms with Crippen molar-refractivity contribution >= 4 is 22.8 Å². The average molecular weight is 375 g/mol. The first-order valence-electron chi connectivity index (χ1n) is 8.80. The first-order valence-corrected chi connectivity index (χ1v) is 8.80. The number of hydrogen-bond acceptors (Lipinski definition) is 6. The molecule has 2 aromatic rings. The number of hydrogen-bond donors (Lipinski definition) is 1. The fraction of sp³-hybridized carbons (Fsp3) is 0.450. The number of carbonyl (C=O) groups is 2. The quantitative estimate of drug-likeness (QED) is 0.590. The van der Waals surface area contributed by atoms with Gasteiger partial charge in [-0.3, -0.25) is 4.79 Å². The summed E-state index contributed by atoms with van der Waals surface area (Å²) in [6.45, 7) is 7.30. The second kappa shape index (κ2) is 8.70. The minimum atomic E-state index is -0.849. The summed E-state index contributed by atoms with van der Waals surface area (Å²) in [6.07, 6.45) is -0.385. The number of ether oxygens (including phenoxy) is 2. The van der Waals surface area contributed by atoms with Crippen LogP contribution in [0.5, 0.6) is 5.75 Å². The van der Waals surface area contributed by atoms with Gasteiger partial charge in [0.15, 0.2) is 6.10 Å². The normalized spacial score (nSPS) is 13.3. The van der Waals surface area contributed by atoms with Gasteiger partial charge in [0.05, 0.1) is 7.11 Å². The van der Waals surface area contributed by atoms with Crippen molar-refractivity contribution in [2.75, 3.05) is 7.11 Å². The van der Waals surface area contributed by atoms with Gasteiger partial charge in [-0.2, -0.15) is 0 Å². The van der Waals surface area contributed by atoms with Crippen LogP contribution in [0.3, 0.4) is 0 Å². The van der Waals surface area contributed by atoms with E-state index >= 15 is 0 Å². The summed E-state index contributed by atoms with van der Waals surface area (Å²) in [7, 11) is 1.28. The molecular weight excluding hydrogens is 350 g/mol. The number of rotatable bonds is 7. The van der Waals surface area contributed by atoms with E-state index in [9.17, 15) is 14.4 Å². The van der Waals surface area contributed by atoms with E-state index in [0.29, 0.717) is 17.8 Å². The topological polar surface area (TPSA) is 94.8 Å². The van der Waals surface area contributed by atoms with Crippen molar-refractivity contribution in [3.8, 4) is 5.75 Å². The highest BCUT2D eigenvalue weighted by atomic mass is 16.5. The molecule has 0 saturated carbocycles. The molecule has 1 heterocycles. The molecule has 0 aliphatic heterocycles. The van der Waals surface area contributed by atoms with E-state index in [4.69, 9.17) is 13.9 Å². The molecule has 1 aromatic carbocycles. The molecule has 146 valence electrons. The average Bonchev–Trinajstić information content (AvgIpc) is 2.59. The van der Waals surface area contributed by atoms with Gasteiger partial charge in [-0.15, -0.1) is 0 Å². The number of fused-ring (bicyclic) bond motifs is 1. The van der Waals surface area contributed by atoms with Crippen molar-refractivity contribution in [1.29, 1.82) is 0 Å². The van der Waals surface area contributed by atoms with E-state index < -0.39 is 29.6 Å². The minimum absolute atomic E-state index is 0.206. The van der Waals surface area contributed by atoms with E-state index in [2.05, 4.69) is 5.32 Å². The molecule has 0 radical (unpaired) electrons. The second-order valence-corrected chi connectivity index (χ2v) is 6.88. The summed E-state index contributed by atoms with van der Waals surface area (Å²) < 4.78 is 15.6. The Bertz CT molecular complexity index is 886. The molecule has 0 unspecified atom stereocenters. The van der Waals surface area contributed by atoms with Gasteiger partial charge in [0.1, 0.15) is 17.4 Å². The number of esters is 1. The van der Waals surface area contributed by atoms with Crippen LogP contribution in [0.2, 0.25) is 0 Å². The van der Waals surface area contributed by atoms with Gasteiger partial charge in [-0.25, -0.2) is 9.59 Å². The zero-order chi connectivity index (χ0) is 20.1. The maximum absolute atomic E-state index is 12.4. The number of amides is 1. The van der Waals surface area contributed by atoms with Gasteiger partial charge in [-0.05, 0) is 43.9 Å². The molecule has 7 heteroatoms. The lowest BCUT2D eigenvalue weighted by molar-refractivity contribution is -0.146. The van der Waals surface area contributed by atoms with Crippen LogP contribution >= 0.6 is 0 Å². The first kappa shape index (κ1) is 20.5. The summed E-state index contributed by atoms with van der Waals surface area (Å²) >= 11 is 0. The molecule has 27 heavy (non-hydrogen) atoms. The summed E-state index contributed by atoms with van der Waals surface area (Å²) in [5.74, 6) is -0.335. The molecular formula is C20H25NO6. The number of carbonyl (C=O) groups excluding carboxylic acids is 2. The minimum Gasteiger partial charge on any atom is -0.481 e. The van der Waals surface area contributed by atoms with Crippen molar-refractivity contribution in [1.82, 2.24) is 5.32 Å². The molecule has 0 bridgehead atoms. The van der Waals surface area contributed by atoms with E-state index in [1.807, 2.05) is 20.8 Å². The monoisotopic (exact) mass is 375 g/mol. The van der Waals surface area contributed by atoms with Crippen LogP contribution in [0.25, 0.3) is 11.0 Å². The molecule has 0 spiro atoms. The fourth-order valence-electron chi connectivity index (χ4n) is 2.75. The van der Waals surface area contributed by atoms with Crippen LogP contribution in [-0.2, 0) is 14.3 Å². The maximum Gasteiger partial charge on any atom is 0.336 e. The van der Waals surface area contributed by atoms with Gasteiger partial charge < -0.3 is 19.2 Å². The number of methoxy groups -OCH3 is 1. The summed E-state index contributed by atoms with van der Waals surface area (Å²) in [4.78, 5) is 35.8. The zero-order valence-corrected chi connectivity index (χ0v) is 16.2. The van der Waals surface area contributed by atoms with Crippen LogP contribution in [-0.4, -0.2) is 31.1 Å². The second-order valence-electron chi connectivity index (χ2n) is 6.88. The Hall–Kier alpha value is -2.83. The Morgan fingerprint density at radius 1 is 1.19 bits per heavy atom. The maximum atomic E-state index is 12.4. The highest BCUT2D eigenvalue weighted by molar-refractivity contribution is 5.87. The number of nitrogens with one attached hydrogen (secondary N) is 1. The highest BCUT2D eigenvalue weighted by Crippen LogP contribution is 2.23. The van der Waals surface area contributed by atoms with Gasteiger partial charge in [0.25, 0.3) is 5.91 Å². The Balaban J connectivity index is 2.12. The van der Waals surface area contributed by atoms with Crippen LogP contribution in [0.15, 0.2) is 33.5 Å². The predicted molar refractivity (Wildman–Crippen MR) is 101 cm³/mol. The Kier molecular flexibility index (Phi) is 6.60. The third-order valence-corrected chi connectivity index (χ3v) is 4.11. The van der Waals surface area contributed by atoms with Crippen molar-refractivity contribution in [2.45, 2.75) is 46.3 Å². The Morgan fingerprint density at radius 3 is 2.52 bits per heavy atom. The molecule has 2 rings (SSSR count). The third-order valence-electron chi connectivity index (χ3n) is 4.11. The predicted octanol–water partition coefficient (Wildman–Crippen LogP) is 2.57. The van der Waals surface area contributed by atoms with Gasteiger partial charge in [0.2, 0.25) is 0 Å². The van der Waals surface area contributed by atoms with Gasteiger partial charge in [0, 0.05) is 17.5 Å². The van der Waals surface area contributed by atoms with E-state index in [0.717, 1.165) is 10.9 Å². The number of benzene rings is 1. The third kappa shape index (κ3) is 5.32. The summed E-state index contributed by atoms with van der Waals surface area (Å²) in [5, 5.41) is 3.46. The Labute approximate surface area is 157 Å². The zero-order valence-electron chi connectivity index (χ0n) is 16.2. The van der Waals surface area contributed by atoms with Crippen LogP contribution in [0.1, 0.15) is 32.8 Å². The van der Waals surface area contributed by atoms with Crippen molar-refractivity contribution in [3.05, 3.63) is 40.2 Å². The molecule has 1 N–H and O–H groups in total. The standard InChI is InChI=1S/C20H25NO6/c1-11(2)8-16(20(24)25-5)21-19(23)13(4)26-14-6-7-15-12(3)9-18(22)27-17(15)10-14/h6-7,9-11,13,16H,8H2,1-5H3,(H,21,23)/t13-,16+/m0/s1. The Morgan fingerprint density at radius 2 is 1.89 bits per heavy atom. The molecule has 0 aliphatic carbocycles. The van der Waals surface area contributed by atoms with Crippen molar-refractivity contribution in [3.63, 3.8) is 0 Å². The van der Waals surface area contributed by atoms with Crippen molar-refractivity contribution < 1.29 is 23.5 Å². The van der Waals surface area contributed by atoms with Crippen LogP contribution in [0.4, 0.5) is 0 Å². The lowest BCUT2D eigenvalue weighted by atomic mass is 10.0. The van der Waals surface area contributed by atoms with E-state index in [1.165, 1.54) is 13.2 Å². The van der Waals surface area contributed by atoms with Crippen LogP contribution < -0.4 is 15.7 Å². The van der Waals surface area contributed by atoms with E-state index in [1.54, 1.807) is 25.1 Å². The molecule has 1 amide bonds. The first-order chi connectivity index (χ1) is 12.7.